The first kappa shape index (κ1) is 30.3. The predicted octanol–water partition coefficient (Wildman–Crippen LogP) is 3.78. The topological polar surface area (TPSA) is 113 Å². The van der Waals surface area contributed by atoms with Gasteiger partial charge in [0, 0.05) is 39.4 Å². The Hall–Kier alpha value is -3.65. The van der Waals surface area contributed by atoms with Gasteiger partial charge in [-0.15, -0.1) is 0 Å². The fourth-order valence-electron chi connectivity index (χ4n) is 4.71. The van der Waals surface area contributed by atoms with Gasteiger partial charge in [0.15, 0.2) is 0 Å². The average molecular weight is 615 g/mol. The van der Waals surface area contributed by atoms with E-state index in [4.69, 9.17) is 17.3 Å². The number of halogens is 5. The van der Waals surface area contributed by atoms with Crippen LogP contribution < -0.4 is 19.8 Å². The van der Waals surface area contributed by atoms with E-state index in [0.29, 0.717) is 42.6 Å². The van der Waals surface area contributed by atoms with Gasteiger partial charge in [-0.3, -0.25) is 9.10 Å². The maximum absolute atomic E-state index is 14.7. The standard InChI is InChI=1S/C26H27ClF4N6O3S/c1-35(41(39)40)21-8-5-17(15-20(21)28)18(23(32)38)7-4-16-6-9-22(26(29,30)31)34-24(16)36-11-13-37(14-12-36)25-19(27)3-2-10-33-25/h2-3,5-6,8-10,15,18,41H,4,7,11-14H2,1H3,(H2,32,38). The van der Waals surface area contributed by atoms with Crippen molar-refractivity contribution in [3.05, 3.63) is 76.3 Å². The number of anilines is 3. The number of primary amides is 1. The number of thiol groups is 1. The maximum Gasteiger partial charge on any atom is 0.433 e. The molecule has 1 aliphatic heterocycles. The first-order valence-corrected chi connectivity index (χ1v) is 14.0. The molecule has 2 aromatic heterocycles. The second kappa shape index (κ2) is 12.5. The lowest BCUT2D eigenvalue weighted by atomic mass is 9.91. The summed E-state index contributed by atoms with van der Waals surface area (Å²) in [5.74, 6) is -1.89. The van der Waals surface area contributed by atoms with Crippen molar-refractivity contribution in [1.29, 1.82) is 0 Å². The minimum atomic E-state index is -4.66. The Morgan fingerprint density at radius 1 is 1.10 bits per heavy atom. The van der Waals surface area contributed by atoms with Crippen molar-refractivity contribution < 1.29 is 30.8 Å². The molecule has 9 nitrogen and oxygen atoms in total. The summed E-state index contributed by atoms with van der Waals surface area (Å²) in [6.45, 7) is 1.56. The Morgan fingerprint density at radius 3 is 2.32 bits per heavy atom. The number of nitrogens with two attached hydrogens (primary N) is 1. The zero-order valence-corrected chi connectivity index (χ0v) is 23.5. The number of hydrogen-bond donors (Lipinski definition) is 2. The number of pyridine rings is 2. The van der Waals surface area contributed by atoms with E-state index in [9.17, 15) is 30.8 Å². The van der Waals surface area contributed by atoms with Crippen LogP contribution in [0.25, 0.3) is 0 Å². The molecule has 2 N–H and O–H groups in total. The van der Waals surface area contributed by atoms with E-state index in [0.717, 1.165) is 16.4 Å². The zero-order valence-electron chi connectivity index (χ0n) is 21.8. The molecule has 220 valence electrons. The number of aryl methyl sites for hydroxylation is 1. The highest BCUT2D eigenvalue weighted by molar-refractivity contribution is 7.74. The zero-order chi connectivity index (χ0) is 29.9. The van der Waals surface area contributed by atoms with Crippen molar-refractivity contribution in [1.82, 2.24) is 9.97 Å². The lowest BCUT2D eigenvalue weighted by molar-refractivity contribution is -0.141. The Morgan fingerprint density at radius 2 is 1.76 bits per heavy atom. The van der Waals surface area contributed by atoms with Crippen LogP contribution in [0.1, 0.15) is 29.2 Å². The van der Waals surface area contributed by atoms with Gasteiger partial charge in [-0.05, 0) is 54.3 Å². The molecule has 1 unspecified atom stereocenters. The van der Waals surface area contributed by atoms with Crippen LogP contribution >= 0.6 is 11.6 Å². The van der Waals surface area contributed by atoms with Crippen LogP contribution in [0.15, 0.2) is 48.7 Å². The van der Waals surface area contributed by atoms with Gasteiger partial charge in [0.05, 0.1) is 16.6 Å². The summed E-state index contributed by atoms with van der Waals surface area (Å²) in [6.07, 6.45) is -2.87. The summed E-state index contributed by atoms with van der Waals surface area (Å²) >= 11 is 6.26. The fraction of sp³-hybridized carbons (Fsp3) is 0.346. The quantitative estimate of drug-likeness (QED) is 0.279. The minimum absolute atomic E-state index is 0.0589. The second-order valence-corrected chi connectivity index (χ2v) is 10.9. The number of amides is 1. The highest BCUT2D eigenvalue weighted by Crippen LogP contribution is 2.34. The Kier molecular flexibility index (Phi) is 9.22. The van der Waals surface area contributed by atoms with Crippen LogP contribution in [0.2, 0.25) is 5.02 Å². The van der Waals surface area contributed by atoms with Crippen LogP contribution in [0.3, 0.4) is 0 Å². The molecule has 1 saturated heterocycles. The van der Waals surface area contributed by atoms with Gasteiger partial charge in [0.25, 0.3) is 0 Å². The number of alkyl halides is 3. The van der Waals surface area contributed by atoms with Gasteiger partial charge in [-0.1, -0.05) is 23.7 Å². The third-order valence-corrected chi connectivity index (χ3v) is 7.88. The van der Waals surface area contributed by atoms with Crippen LogP contribution in [0.5, 0.6) is 0 Å². The number of carbonyl (C=O) groups excluding carboxylic acids is 1. The van der Waals surface area contributed by atoms with Crippen LogP contribution in [0.4, 0.5) is 34.9 Å². The first-order chi connectivity index (χ1) is 19.4. The summed E-state index contributed by atoms with van der Waals surface area (Å²) < 4.78 is 78.6. The van der Waals surface area contributed by atoms with Gasteiger partial charge < -0.3 is 15.5 Å². The molecule has 0 radical (unpaired) electrons. The molecule has 4 rings (SSSR count). The van der Waals surface area contributed by atoms with Crippen molar-refractivity contribution >= 4 is 45.7 Å². The average Bonchev–Trinajstić information content (AvgIpc) is 2.92. The van der Waals surface area contributed by atoms with Gasteiger partial charge in [-0.2, -0.15) is 13.2 Å². The molecule has 0 bridgehead atoms. The number of nitrogens with zero attached hydrogens (tertiary/aromatic N) is 5. The molecule has 0 spiro atoms. The van der Waals surface area contributed by atoms with E-state index in [1.54, 1.807) is 23.2 Å². The SMILES string of the molecule is CN(c1ccc(C(CCc2ccc(C(F)(F)F)nc2N2CCN(c3ncccc3Cl)CC2)C(N)=O)cc1F)[SH](=O)=O. The predicted molar refractivity (Wildman–Crippen MR) is 148 cm³/mol. The molecular formula is C26H27ClF4N6O3S. The van der Waals surface area contributed by atoms with E-state index >= 15 is 0 Å². The number of benzene rings is 1. The van der Waals surface area contributed by atoms with Crippen LogP contribution in [-0.2, 0) is 28.3 Å². The normalized spacial score (nSPS) is 14.8. The van der Waals surface area contributed by atoms with Crippen molar-refractivity contribution in [2.24, 2.45) is 5.73 Å². The van der Waals surface area contributed by atoms with E-state index in [2.05, 4.69) is 9.97 Å². The summed E-state index contributed by atoms with van der Waals surface area (Å²) in [5.41, 5.74) is 5.05. The number of piperazine rings is 1. The smallest absolute Gasteiger partial charge is 0.369 e. The molecule has 1 atom stereocenters. The molecule has 3 aromatic rings. The Bertz CT molecular complexity index is 1490. The molecule has 1 amide bonds. The van der Waals surface area contributed by atoms with Crippen molar-refractivity contribution in [3.63, 3.8) is 0 Å². The van der Waals surface area contributed by atoms with Gasteiger partial charge in [0.2, 0.25) is 16.8 Å². The Balaban J connectivity index is 1.57. The third-order valence-electron chi connectivity index (χ3n) is 6.88. The highest BCUT2D eigenvalue weighted by Gasteiger charge is 2.34. The molecule has 0 saturated carbocycles. The molecule has 1 fully saturated rings. The monoisotopic (exact) mass is 614 g/mol. The van der Waals surface area contributed by atoms with Gasteiger partial charge in [0.1, 0.15) is 23.1 Å². The summed E-state index contributed by atoms with van der Waals surface area (Å²) in [7, 11) is -1.89. The number of aromatic nitrogens is 2. The van der Waals surface area contributed by atoms with E-state index in [-0.39, 0.29) is 29.9 Å². The molecule has 1 aliphatic rings. The number of carbonyl (C=O) groups is 1. The second-order valence-electron chi connectivity index (χ2n) is 9.43. The summed E-state index contributed by atoms with van der Waals surface area (Å²) in [6, 6.07) is 9.29. The molecule has 15 heteroatoms. The van der Waals surface area contributed by atoms with Crippen molar-refractivity contribution in [2.45, 2.75) is 24.9 Å². The van der Waals surface area contributed by atoms with Gasteiger partial charge >= 0.3 is 6.18 Å². The van der Waals surface area contributed by atoms with Crippen molar-refractivity contribution in [3.8, 4) is 0 Å². The maximum atomic E-state index is 14.7. The molecule has 0 aliphatic carbocycles. The lowest BCUT2D eigenvalue weighted by Gasteiger charge is -2.37. The third kappa shape index (κ3) is 6.99. The largest absolute Gasteiger partial charge is 0.433 e. The first-order valence-electron chi connectivity index (χ1n) is 12.5. The highest BCUT2D eigenvalue weighted by atomic mass is 35.5. The fourth-order valence-corrected chi connectivity index (χ4v) is 5.29. The van der Waals surface area contributed by atoms with Crippen molar-refractivity contribution in [2.75, 3.05) is 47.3 Å². The number of hydrogen-bond acceptors (Lipinski definition) is 7. The van der Waals surface area contributed by atoms with Gasteiger partial charge in [-0.25, -0.2) is 22.8 Å². The van der Waals surface area contributed by atoms with Crippen LogP contribution in [-0.4, -0.2) is 57.5 Å². The van der Waals surface area contributed by atoms with E-state index < -0.39 is 40.4 Å². The molecule has 1 aromatic carbocycles. The van der Waals surface area contributed by atoms with E-state index in [1.165, 1.54) is 25.2 Å². The number of rotatable bonds is 9. The minimum Gasteiger partial charge on any atom is -0.369 e. The molecular weight excluding hydrogens is 588 g/mol. The summed E-state index contributed by atoms with van der Waals surface area (Å²) in [4.78, 5) is 24.2. The molecule has 41 heavy (non-hydrogen) atoms. The van der Waals surface area contributed by atoms with E-state index in [1.807, 2.05) is 4.90 Å². The van der Waals surface area contributed by atoms with Crippen LogP contribution in [0, 0.1) is 5.82 Å². The lowest BCUT2D eigenvalue weighted by Crippen LogP contribution is -2.47. The Labute approximate surface area is 240 Å². The molecule has 3 heterocycles. The summed E-state index contributed by atoms with van der Waals surface area (Å²) in [5, 5.41) is 0.467.